The molecule has 0 aromatic heterocycles. The lowest BCUT2D eigenvalue weighted by molar-refractivity contribution is -0.137. The molecule has 0 unspecified atom stereocenters. The summed E-state index contributed by atoms with van der Waals surface area (Å²) in [4.78, 5) is 19.0. The molecule has 1 saturated heterocycles. The first-order chi connectivity index (χ1) is 17.3. The van der Waals surface area contributed by atoms with E-state index < -0.39 is 11.7 Å². The van der Waals surface area contributed by atoms with Gasteiger partial charge in [-0.2, -0.15) is 13.2 Å². The van der Waals surface area contributed by atoms with E-state index in [2.05, 4.69) is 21.9 Å². The third kappa shape index (κ3) is 6.79. The average Bonchev–Trinajstić information content (AvgIpc) is 2.89. The highest BCUT2D eigenvalue weighted by atomic mass is 19.4. The van der Waals surface area contributed by atoms with E-state index in [-0.39, 0.29) is 5.91 Å². The van der Waals surface area contributed by atoms with Crippen LogP contribution in [0.1, 0.15) is 21.5 Å². The first kappa shape index (κ1) is 25.6. The molecule has 1 fully saturated rings. The number of hydrogen-bond acceptors (Lipinski definition) is 4. The highest BCUT2D eigenvalue weighted by Gasteiger charge is 2.30. The van der Waals surface area contributed by atoms with Crippen molar-refractivity contribution in [3.8, 4) is 5.75 Å². The molecule has 1 aliphatic heterocycles. The minimum atomic E-state index is -4.33. The Morgan fingerprint density at radius 2 is 1.53 bits per heavy atom. The van der Waals surface area contributed by atoms with Crippen LogP contribution in [-0.4, -0.2) is 62.1 Å². The number of likely N-dealkylation sites (N-methyl/N-ethyl adjacent to an activating group) is 1. The smallest absolute Gasteiger partial charge is 0.416 e. The van der Waals surface area contributed by atoms with E-state index in [1.54, 1.807) is 12.1 Å². The molecule has 5 nitrogen and oxygen atoms in total. The molecule has 3 aromatic rings. The van der Waals surface area contributed by atoms with Gasteiger partial charge in [-0.3, -0.25) is 9.69 Å². The normalized spacial score (nSPS) is 14.5. The minimum absolute atomic E-state index is 0.0282. The Kier molecular flexibility index (Phi) is 8.15. The Morgan fingerprint density at radius 3 is 2.14 bits per heavy atom. The molecule has 0 bridgehead atoms. The van der Waals surface area contributed by atoms with Crippen molar-refractivity contribution < 1.29 is 22.7 Å². The minimum Gasteiger partial charge on any atom is -0.492 e. The highest BCUT2D eigenvalue weighted by molar-refractivity contribution is 5.94. The summed E-state index contributed by atoms with van der Waals surface area (Å²) in [5, 5.41) is 0. The summed E-state index contributed by atoms with van der Waals surface area (Å²) >= 11 is 0. The lowest BCUT2D eigenvalue weighted by atomic mass is 10.1. The van der Waals surface area contributed by atoms with Crippen molar-refractivity contribution in [1.29, 1.82) is 0 Å². The number of piperazine rings is 1. The van der Waals surface area contributed by atoms with E-state index >= 15 is 0 Å². The van der Waals surface area contributed by atoms with E-state index in [9.17, 15) is 18.0 Å². The fraction of sp³-hybridized carbons (Fsp3) is 0.321. The predicted molar refractivity (Wildman–Crippen MR) is 134 cm³/mol. The van der Waals surface area contributed by atoms with E-state index in [0.717, 1.165) is 35.7 Å². The van der Waals surface area contributed by atoms with Gasteiger partial charge in [-0.1, -0.05) is 30.3 Å². The molecular weight excluding hydrogens is 467 g/mol. The Hall–Kier alpha value is -3.52. The molecule has 0 radical (unpaired) electrons. The van der Waals surface area contributed by atoms with Gasteiger partial charge in [0.2, 0.25) is 0 Å². The van der Waals surface area contributed by atoms with Crippen molar-refractivity contribution in [2.75, 3.05) is 51.3 Å². The number of para-hydroxylation sites is 1. The summed E-state index contributed by atoms with van der Waals surface area (Å²) in [6.45, 7) is 4.31. The molecule has 1 amide bonds. The molecule has 36 heavy (non-hydrogen) atoms. The molecular formula is C28H30F3N3O2. The van der Waals surface area contributed by atoms with Crippen LogP contribution in [0.15, 0.2) is 78.9 Å². The summed E-state index contributed by atoms with van der Waals surface area (Å²) in [6, 6.07) is 22.6. The fourth-order valence-corrected chi connectivity index (χ4v) is 4.15. The molecule has 0 saturated carbocycles. The van der Waals surface area contributed by atoms with Gasteiger partial charge in [-0.25, -0.2) is 0 Å². The average molecular weight is 498 g/mol. The molecule has 0 aliphatic carbocycles. The van der Waals surface area contributed by atoms with Crippen LogP contribution in [0.3, 0.4) is 0 Å². The number of halogens is 3. The van der Waals surface area contributed by atoms with Crippen molar-refractivity contribution in [3.05, 3.63) is 95.6 Å². The van der Waals surface area contributed by atoms with Gasteiger partial charge in [-0.15, -0.1) is 0 Å². The van der Waals surface area contributed by atoms with Crippen LogP contribution < -0.4 is 9.64 Å². The molecule has 190 valence electrons. The summed E-state index contributed by atoms with van der Waals surface area (Å²) in [7, 11) is 2.02. The van der Waals surface area contributed by atoms with Crippen LogP contribution in [-0.2, 0) is 12.7 Å². The van der Waals surface area contributed by atoms with E-state index in [1.165, 1.54) is 12.1 Å². The Morgan fingerprint density at radius 1 is 0.889 bits per heavy atom. The quantitative estimate of drug-likeness (QED) is 0.430. The van der Waals surface area contributed by atoms with Gasteiger partial charge in [0.25, 0.3) is 5.91 Å². The van der Waals surface area contributed by atoms with Crippen molar-refractivity contribution in [3.63, 3.8) is 0 Å². The monoisotopic (exact) mass is 497 g/mol. The molecule has 0 atom stereocenters. The fourth-order valence-electron chi connectivity index (χ4n) is 4.15. The largest absolute Gasteiger partial charge is 0.492 e. The van der Waals surface area contributed by atoms with Gasteiger partial charge in [0.15, 0.2) is 0 Å². The van der Waals surface area contributed by atoms with Crippen LogP contribution in [0.25, 0.3) is 0 Å². The number of alkyl halides is 3. The van der Waals surface area contributed by atoms with Gasteiger partial charge in [-0.05, 0) is 54.1 Å². The van der Waals surface area contributed by atoms with Crippen LogP contribution in [0, 0.1) is 0 Å². The maximum absolute atomic E-state index is 12.9. The second-order valence-corrected chi connectivity index (χ2v) is 8.89. The maximum Gasteiger partial charge on any atom is 0.416 e. The second kappa shape index (κ2) is 11.5. The molecule has 1 heterocycles. The van der Waals surface area contributed by atoms with Gasteiger partial charge in [0.05, 0.1) is 12.1 Å². The SMILES string of the molecule is CN(CCOc1ccc(C(=O)N2CCN(Cc3ccc(C(F)(F)F)cc3)CC2)cc1)c1ccccc1. The number of benzene rings is 3. The Balaban J connectivity index is 1.21. The van der Waals surface area contributed by atoms with Crippen LogP contribution in [0.5, 0.6) is 5.75 Å². The zero-order chi connectivity index (χ0) is 25.5. The highest BCUT2D eigenvalue weighted by Crippen LogP contribution is 2.29. The number of ether oxygens (including phenoxy) is 1. The number of anilines is 1. The molecule has 0 N–H and O–H groups in total. The third-order valence-corrected chi connectivity index (χ3v) is 6.34. The van der Waals surface area contributed by atoms with E-state index in [1.807, 2.05) is 42.3 Å². The molecule has 8 heteroatoms. The van der Waals surface area contributed by atoms with Crippen molar-refractivity contribution >= 4 is 11.6 Å². The maximum atomic E-state index is 12.9. The van der Waals surface area contributed by atoms with E-state index in [4.69, 9.17) is 4.74 Å². The second-order valence-electron chi connectivity index (χ2n) is 8.89. The number of carbonyl (C=O) groups excluding carboxylic acids is 1. The molecule has 1 aliphatic rings. The standard InChI is InChI=1S/C28H30F3N3O2/c1-32(25-5-3-2-4-6-25)19-20-36-26-13-9-23(10-14-26)27(35)34-17-15-33(16-18-34)21-22-7-11-24(12-8-22)28(29,30)31/h2-14H,15-21H2,1H3. The van der Waals surface area contributed by atoms with Gasteiger partial charge >= 0.3 is 6.18 Å². The number of hydrogen-bond donors (Lipinski definition) is 0. The number of rotatable bonds is 8. The Bertz CT molecular complexity index is 1110. The first-order valence-corrected chi connectivity index (χ1v) is 12.0. The summed E-state index contributed by atoms with van der Waals surface area (Å²) in [6.07, 6.45) is -4.33. The van der Waals surface area contributed by atoms with Crippen LogP contribution >= 0.6 is 0 Å². The summed E-state index contributed by atoms with van der Waals surface area (Å²) < 4.78 is 44.1. The summed E-state index contributed by atoms with van der Waals surface area (Å²) in [5.74, 6) is 0.689. The number of nitrogens with zero attached hydrogens (tertiary/aromatic N) is 3. The van der Waals surface area contributed by atoms with Crippen LogP contribution in [0.2, 0.25) is 0 Å². The topological polar surface area (TPSA) is 36.0 Å². The third-order valence-electron chi connectivity index (χ3n) is 6.34. The van der Waals surface area contributed by atoms with Crippen molar-refractivity contribution in [2.45, 2.75) is 12.7 Å². The molecule has 3 aromatic carbocycles. The Labute approximate surface area is 209 Å². The van der Waals surface area contributed by atoms with E-state index in [0.29, 0.717) is 44.9 Å². The van der Waals surface area contributed by atoms with Gasteiger partial charge in [0, 0.05) is 51.0 Å². The molecule has 4 rings (SSSR count). The lowest BCUT2D eigenvalue weighted by Gasteiger charge is -2.34. The van der Waals surface area contributed by atoms with Crippen molar-refractivity contribution in [2.24, 2.45) is 0 Å². The first-order valence-electron chi connectivity index (χ1n) is 12.0. The van der Waals surface area contributed by atoms with Gasteiger partial charge < -0.3 is 14.5 Å². The van der Waals surface area contributed by atoms with Gasteiger partial charge in [0.1, 0.15) is 12.4 Å². The number of amides is 1. The number of carbonyl (C=O) groups is 1. The zero-order valence-electron chi connectivity index (χ0n) is 20.2. The van der Waals surface area contributed by atoms with Crippen LogP contribution in [0.4, 0.5) is 18.9 Å². The molecule has 0 spiro atoms. The predicted octanol–water partition coefficient (Wildman–Crippen LogP) is 5.18. The summed E-state index contributed by atoms with van der Waals surface area (Å²) in [5.41, 5.74) is 1.92. The zero-order valence-corrected chi connectivity index (χ0v) is 20.2. The van der Waals surface area contributed by atoms with Crippen molar-refractivity contribution in [1.82, 2.24) is 9.80 Å². The lowest BCUT2D eigenvalue weighted by Crippen LogP contribution is -2.48.